The summed E-state index contributed by atoms with van der Waals surface area (Å²) in [5.74, 6) is -0.224. The van der Waals surface area contributed by atoms with Gasteiger partial charge in [0.1, 0.15) is 0 Å². The van der Waals surface area contributed by atoms with Crippen molar-refractivity contribution in [1.82, 2.24) is 4.57 Å². The average molecular weight is 263 g/mol. The van der Waals surface area contributed by atoms with E-state index in [1.807, 2.05) is 6.92 Å². The summed E-state index contributed by atoms with van der Waals surface area (Å²) in [6.45, 7) is 1.86. The van der Waals surface area contributed by atoms with Gasteiger partial charge < -0.3 is 15.6 Å². The third kappa shape index (κ3) is 2.43. The quantitative estimate of drug-likeness (QED) is 0.863. The molecule has 0 saturated heterocycles. The van der Waals surface area contributed by atoms with Gasteiger partial charge in [-0.1, -0.05) is 0 Å². The first-order valence-corrected chi connectivity index (χ1v) is 6.13. The van der Waals surface area contributed by atoms with E-state index in [-0.39, 0.29) is 11.5 Å². The van der Waals surface area contributed by atoms with E-state index < -0.39 is 0 Å². The zero-order chi connectivity index (χ0) is 13.3. The molecule has 3 N–H and O–H groups in total. The number of nitrogens with zero attached hydrogens (tertiary/aromatic N) is 1. The fraction of sp³-hybridized carbons (Fsp3) is 0.167. The predicted octanol–water partition coefficient (Wildman–Crippen LogP) is 1.59. The summed E-state index contributed by atoms with van der Waals surface area (Å²) in [4.78, 5) is 24.6. The molecule has 1 amide bonds. The molecule has 0 aliphatic rings. The molecule has 18 heavy (non-hydrogen) atoms. The topological polar surface area (TPSA) is 77.1 Å². The van der Waals surface area contributed by atoms with Crippen molar-refractivity contribution in [1.29, 1.82) is 0 Å². The smallest absolute Gasteiger partial charge is 0.265 e. The van der Waals surface area contributed by atoms with Crippen LogP contribution in [0.15, 0.2) is 29.2 Å². The molecule has 0 spiro atoms. The van der Waals surface area contributed by atoms with Crippen molar-refractivity contribution in [2.75, 3.05) is 11.1 Å². The highest BCUT2D eigenvalue weighted by Gasteiger charge is 2.11. The van der Waals surface area contributed by atoms with E-state index in [9.17, 15) is 9.59 Å². The Morgan fingerprint density at radius 2 is 2.17 bits per heavy atom. The number of pyridine rings is 1. The molecule has 0 fully saturated rings. The second-order valence-electron chi connectivity index (χ2n) is 3.94. The number of rotatable bonds is 2. The fourth-order valence-electron chi connectivity index (χ4n) is 1.47. The molecule has 2 heterocycles. The van der Waals surface area contributed by atoms with E-state index in [0.717, 1.165) is 4.88 Å². The molecule has 0 aliphatic heterocycles. The number of nitrogen functional groups attached to an aromatic ring is 1. The molecule has 0 radical (unpaired) electrons. The molecule has 0 unspecified atom stereocenters. The lowest BCUT2D eigenvalue weighted by Gasteiger charge is -2.04. The lowest BCUT2D eigenvalue weighted by molar-refractivity contribution is 0.103. The number of thiophene rings is 1. The highest BCUT2D eigenvalue weighted by Crippen LogP contribution is 2.24. The minimum atomic E-state index is -0.224. The summed E-state index contributed by atoms with van der Waals surface area (Å²) in [6, 6.07) is 4.63. The van der Waals surface area contributed by atoms with Crippen molar-refractivity contribution in [3.05, 3.63) is 44.5 Å². The summed E-state index contributed by atoms with van der Waals surface area (Å²) >= 11 is 1.34. The Bertz CT molecular complexity index is 638. The van der Waals surface area contributed by atoms with Crippen LogP contribution in [0, 0.1) is 6.92 Å². The van der Waals surface area contributed by atoms with Crippen LogP contribution in [0.1, 0.15) is 14.5 Å². The van der Waals surface area contributed by atoms with Gasteiger partial charge in [-0.25, -0.2) is 0 Å². The molecule has 0 atom stereocenters. The van der Waals surface area contributed by atoms with Crippen LogP contribution in [0.4, 0.5) is 11.4 Å². The van der Waals surface area contributed by atoms with Crippen molar-refractivity contribution in [2.24, 2.45) is 7.05 Å². The largest absolute Gasteiger partial charge is 0.398 e. The van der Waals surface area contributed by atoms with Crippen LogP contribution in [0.2, 0.25) is 0 Å². The third-order valence-electron chi connectivity index (χ3n) is 2.52. The van der Waals surface area contributed by atoms with E-state index in [0.29, 0.717) is 16.3 Å². The van der Waals surface area contributed by atoms with Gasteiger partial charge in [0.05, 0.1) is 10.6 Å². The number of nitrogens with two attached hydrogens (primary N) is 1. The van der Waals surface area contributed by atoms with Crippen LogP contribution in [0.3, 0.4) is 0 Å². The molecule has 2 aromatic rings. The van der Waals surface area contributed by atoms with Crippen molar-refractivity contribution in [3.63, 3.8) is 0 Å². The average Bonchev–Trinajstić information content (AvgIpc) is 2.65. The highest BCUT2D eigenvalue weighted by atomic mass is 32.1. The van der Waals surface area contributed by atoms with E-state index >= 15 is 0 Å². The van der Waals surface area contributed by atoms with Crippen molar-refractivity contribution >= 4 is 28.6 Å². The van der Waals surface area contributed by atoms with Gasteiger partial charge in [-0.05, 0) is 19.1 Å². The summed E-state index contributed by atoms with van der Waals surface area (Å²) in [6.07, 6.45) is 1.57. The molecule has 5 nitrogen and oxygen atoms in total. The Morgan fingerprint density at radius 3 is 2.72 bits per heavy atom. The van der Waals surface area contributed by atoms with Gasteiger partial charge in [0.25, 0.3) is 5.91 Å². The molecule has 0 aromatic carbocycles. The lowest BCUT2D eigenvalue weighted by atomic mass is 10.3. The zero-order valence-corrected chi connectivity index (χ0v) is 10.9. The highest BCUT2D eigenvalue weighted by molar-refractivity contribution is 7.14. The number of carbonyl (C=O) groups excluding carboxylic acids is 1. The first kappa shape index (κ1) is 12.4. The normalized spacial score (nSPS) is 10.3. The molecule has 0 saturated carbocycles. The number of hydrogen-bond donors (Lipinski definition) is 2. The number of anilines is 2. The molecular weight excluding hydrogens is 250 g/mol. The maximum absolute atomic E-state index is 11.9. The molecule has 0 bridgehead atoms. The second-order valence-corrected chi connectivity index (χ2v) is 5.20. The molecule has 6 heteroatoms. The molecule has 2 rings (SSSR count). The van der Waals surface area contributed by atoms with Gasteiger partial charge in [0, 0.05) is 29.9 Å². The van der Waals surface area contributed by atoms with E-state index in [1.54, 1.807) is 25.4 Å². The minimum Gasteiger partial charge on any atom is -0.398 e. The summed E-state index contributed by atoms with van der Waals surface area (Å²) < 4.78 is 1.41. The Hall–Kier alpha value is -2.08. The zero-order valence-electron chi connectivity index (χ0n) is 10.1. The number of hydrogen-bond acceptors (Lipinski definition) is 4. The Balaban J connectivity index is 2.21. The lowest BCUT2D eigenvalue weighted by Crippen LogP contribution is -2.17. The van der Waals surface area contributed by atoms with Gasteiger partial charge in [0.15, 0.2) is 0 Å². The summed E-state index contributed by atoms with van der Waals surface area (Å²) in [5.41, 5.74) is 6.77. The Kier molecular flexibility index (Phi) is 3.20. The van der Waals surface area contributed by atoms with Gasteiger partial charge in [-0.15, -0.1) is 11.3 Å². The van der Waals surface area contributed by atoms with Gasteiger partial charge in [0.2, 0.25) is 5.56 Å². The van der Waals surface area contributed by atoms with E-state index in [4.69, 9.17) is 5.73 Å². The van der Waals surface area contributed by atoms with E-state index in [1.165, 1.54) is 22.0 Å². The summed E-state index contributed by atoms with van der Waals surface area (Å²) in [7, 11) is 1.63. The molecule has 0 aliphatic carbocycles. The maximum atomic E-state index is 11.9. The van der Waals surface area contributed by atoms with Crippen LogP contribution in [0.25, 0.3) is 0 Å². The SMILES string of the molecule is Cc1sc(C(=O)Nc2ccc(=O)n(C)c2)cc1N. The molecule has 2 aromatic heterocycles. The van der Waals surface area contributed by atoms with Crippen molar-refractivity contribution in [3.8, 4) is 0 Å². The van der Waals surface area contributed by atoms with Crippen LogP contribution >= 0.6 is 11.3 Å². The number of aryl methyl sites for hydroxylation is 2. The van der Waals surface area contributed by atoms with Crippen molar-refractivity contribution in [2.45, 2.75) is 6.92 Å². The second kappa shape index (κ2) is 4.66. The van der Waals surface area contributed by atoms with Gasteiger partial charge in [-0.2, -0.15) is 0 Å². The van der Waals surface area contributed by atoms with Crippen LogP contribution in [0.5, 0.6) is 0 Å². The van der Waals surface area contributed by atoms with Crippen molar-refractivity contribution < 1.29 is 4.79 Å². The Morgan fingerprint density at radius 1 is 1.44 bits per heavy atom. The van der Waals surface area contributed by atoms with Crippen LogP contribution in [-0.2, 0) is 7.05 Å². The first-order chi connectivity index (χ1) is 8.47. The van der Waals surface area contributed by atoms with Crippen LogP contribution in [-0.4, -0.2) is 10.5 Å². The Labute approximate surface area is 108 Å². The van der Waals surface area contributed by atoms with E-state index in [2.05, 4.69) is 5.32 Å². The molecule has 94 valence electrons. The number of aromatic nitrogens is 1. The van der Waals surface area contributed by atoms with Gasteiger partial charge >= 0.3 is 0 Å². The first-order valence-electron chi connectivity index (χ1n) is 5.31. The number of amides is 1. The van der Waals surface area contributed by atoms with Gasteiger partial charge in [-0.3, -0.25) is 9.59 Å². The van der Waals surface area contributed by atoms with Crippen LogP contribution < -0.4 is 16.6 Å². The summed E-state index contributed by atoms with van der Waals surface area (Å²) in [5, 5.41) is 2.72. The molecular formula is C12H13N3O2S. The number of carbonyl (C=O) groups is 1. The standard InChI is InChI=1S/C12H13N3O2S/c1-7-9(13)5-10(18-7)12(17)14-8-3-4-11(16)15(2)6-8/h3-6H,13H2,1-2H3,(H,14,17). The monoisotopic (exact) mass is 263 g/mol. The minimum absolute atomic E-state index is 0.121. The maximum Gasteiger partial charge on any atom is 0.265 e. The number of nitrogens with one attached hydrogen (secondary N) is 1. The predicted molar refractivity (Wildman–Crippen MR) is 73.1 cm³/mol. The third-order valence-corrected chi connectivity index (χ3v) is 3.59. The fourth-order valence-corrected chi connectivity index (χ4v) is 2.30.